The number of aromatic nitrogens is 2. The van der Waals surface area contributed by atoms with E-state index in [9.17, 15) is 0 Å². The number of thiazole rings is 1. The minimum atomic E-state index is 0.639. The summed E-state index contributed by atoms with van der Waals surface area (Å²) in [4.78, 5) is 8.50. The highest BCUT2D eigenvalue weighted by Gasteiger charge is 2.31. The summed E-state index contributed by atoms with van der Waals surface area (Å²) in [5, 5.41) is 5.38. The molecule has 0 radical (unpaired) electrons. The standard InChI is InChI=1S/C14H22N4S/c1-10(2)11-5-4-6-17(11)13-12(9-15-3)18-7-8-19-14(18)16-13/h7-8,10-11,15H,4-6,9H2,1-3H3. The van der Waals surface area contributed by atoms with E-state index in [-0.39, 0.29) is 0 Å². The number of fused-ring (bicyclic) bond motifs is 1. The van der Waals surface area contributed by atoms with Gasteiger partial charge in [0.25, 0.3) is 0 Å². The van der Waals surface area contributed by atoms with Gasteiger partial charge in [0.15, 0.2) is 10.8 Å². The van der Waals surface area contributed by atoms with Gasteiger partial charge in [0.1, 0.15) is 0 Å². The summed E-state index contributed by atoms with van der Waals surface area (Å²) < 4.78 is 2.23. The second-order valence-electron chi connectivity index (χ2n) is 5.62. The molecule has 1 saturated heterocycles. The van der Waals surface area contributed by atoms with E-state index < -0.39 is 0 Å². The Bertz CT molecular complexity index is 557. The van der Waals surface area contributed by atoms with Gasteiger partial charge in [0.2, 0.25) is 0 Å². The van der Waals surface area contributed by atoms with E-state index in [0.29, 0.717) is 12.0 Å². The molecule has 1 N–H and O–H groups in total. The van der Waals surface area contributed by atoms with Crippen molar-refractivity contribution in [2.45, 2.75) is 39.3 Å². The predicted molar refractivity (Wildman–Crippen MR) is 81.0 cm³/mol. The molecule has 1 unspecified atom stereocenters. The maximum absolute atomic E-state index is 4.87. The van der Waals surface area contributed by atoms with Crippen molar-refractivity contribution in [1.82, 2.24) is 14.7 Å². The lowest BCUT2D eigenvalue weighted by Crippen LogP contribution is -2.34. The first-order valence-electron chi connectivity index (χ1n) is 7.08. The Hall–Kier alpha value is -1.07. The van der Waals surface area contributed by atoms with Crippen LogP contribution < -0.4 is 10.2 Å². The van der Waals surface area contributed by atoms with Crippen LogP contribution in [0.4, 0.5) is 5.82 Å². The Labute approximate surface area is 118 Å². The summed E-state index contributed by atoms with van der Waals surface area (Å²) >= 11 is 1.71. The molecule has 1 fully saturated rings. The SMILES string of the molecule is CNCc1c(N2CCCC2C(C)C)nc2sccn12. The molecule has 3 heterocycles. The molecule has 0 bridgehead atoms. The van der Waals surface area contributed by atoms with Crippen LogP contribution in [-0.2, 0) is 6.54 Å². The maximum Gasteiger partial charge on any atom is 0.195 e. The zero-order chi connectivity index (χ0) is 13.4. The van der Waals surface area contributed by atoms with Crippen LogP contribution >= 0.6 is 11.3 Å². The minimum absolute atomic E-state index is 0.639. The second kappa shape index (κ2) is 5.13. The van der Waals surface area contributed by atoms with Crippen LogP contribution in [0.3, 0.4) is 0 Å². The van der Waals surface area contributed by atoms with Crippen molar-refractivity contribution in [2.24, 2.45) is 5.92 Å². The van der Waals surface area contributed by atoms with Gasteiger partial charge in [-0.1, -0.05) is 13.8 Å². The van der Waals surface area contributed by atoms with Gasteiger partial charge in [-0.3, -0.25) is 4.40 Å². The Balaban J connectivity index is 2.03. The number of hydrogen-bond donors (Lipinski definition) is 1. The molecule has 104 valence electrons. The smallest absolute Gasteiger partial charge is 0.195 e. The molecule has 4 nitrogen and oxygen atoms in total. The van der Waals surface area contributed by atoms with E-state index in [1.807, 2.05) is 7.05 Å². The largest absolute Gasteiger partial charge is 0.352 e. The maximum atomic E-state index is 4.87. The third kappa shape index (κ3) is 2.15. The summed E-state index contributed by atoms with van der Waals surface area (Å²) in [5.41, 5.74) is 1.30. The van der Waals surface area contributed by atoms with Gasteiger partial charge in [0, 0.05) is 30.7 Å². The lowest BCUT2D eigenvalue weighted by Gasteiger charge is -2.28. The first kappa shape index (κ1) is 12.9. The van der Waals surface area contributed by atoms with E-state index in [0.717, 1.165) is 18.1 Å². The first-order valence-corrected chi connectivity index (χ1v) is 7.96. The number of anilines is 1. The quantitative estimate of drug-likeness (QED) is 0.933. The number of nitrogens with one attached hydrogen (secondary N) is 1. The van der Waals surface area contributed by atoms with Crippen molar-refractivity contribution < 1.29 is 0 Å². The summed E-state index contributed by atoms with van der Waals surface area (Å²) in [5.74, 6) is 1.88. The molecule has 2 aromatic heterocycles. The zero-order valence-electron chi connectivity index (χ0n) is 11.9. The van der Waals surface area contributed by atoms with Gasteiger partial charge in [-0.05, 0) is 25.8 Å². The number of rotatable bonds is 4. The average Bonchev–Trinajstić information content (AvgIpc) is 3.04. The molecule has 0 aliphatic carbocycles. The lowest BCUT2D eigenvalue weighted by atomic mass is 10.0. The summed E-state index contributed by atoms with van der Waals surface area (Å²) in [7, 11) is 2.00. The average molecular weight is 278 g/mol. The zero-order valence-corrected chi connectivity index (χ0v) is 12.7. The molecule has 1 atom stereocenters. The molecule has 5 heteroatoms. The molecule has 3 rings (SSSR count). The molecule has 0 aromatic carbocycles. The van der Waals surface area contributed by atoms with E-state index in [2.05, 4.69) is 40.0 Å². The number of imidazole rings is 1. The van der Waals surface area contributed by atoms with Crippen LogP contribution in [0.25, 0.3) is 4.96 Å². The summed E-state index contributed by atoms with van der Waals surface area (Å²) in [6, 6.07) is 0.639. The fourth-order valence-corrected chi connectivity index (χ4v) is 3.86. The molecule has 19 heavy (non-hydrogen) atoms. The molecular weight excluding hydrogens is 256 g/mol. The highest BCUT2D eigenvalue weighted by atomic mass is 32.1. The third-order valence-corrected chi connectivity index (χ3v) is 4.78. The molecule has 0 amide bonds. The number of hydrogen-bond acceptors (Lipinski definition) is 4. The Morgan fingerprint density at radius 1 is 1.53 bits per heavy atom. The molecule has 0 saturated carbocycles. The van der Waals surface area contributed by atoms with Crippen LogP contribution in [0.2, 0.25) is 0 Å². The van der Waals surface area contributed by atoms with Crippen LogP contribution in [0.1, 0.15) is 32.4 Å². The van der Waals surface area contributed by atoms with Crippen LogP contribution in [0, 0.1) is 5.92 Å². The highest BCUT2D eigenvalue weighted by Crippen LogP contribution is 2.33. The highest BCUT2D eigenvalue weighted by molar-refractivity contribution is 7.15. The van der Waals surface area contributed by atoms with Crippen molar-refractivity contribution in [3.05, 3.63) is 17.3 Å². The minimum Gasteiger partial charge on any atom is -0.352 e. The van der Waals surface area contributed by atoms with Crippen molar-refractivity contribution in [3.8, 4) is 0 Å². The summed E-state index contributed by atoms with van der Waals surface area (Å²) in [6.07, 6.45) is 4.71. The lowest BCUT2D eigenvalue weighted by molar-refractivity contribution is 0.489. The van der Waals surface area contributed by atoms with Gasteiger partial charge in [-0.15, -0.1) is 11.3 Å². The van der Waals surface area contributed by atoms with Gasteiger partial charge >= 0.3 is 0 Å². The van der Waals surface area contributed by atoms with E-state index in [1.165, 1.54) is 24.4 Å². The Kier molecular flexibility index (Phi) is 3.50. The fraction of sp³-hybridized carbons (Fsp3) is 0.643. The van der Waals surface area contributed by atoms with Gasteiger partial charge in [-0.25, -0.2) is 4.98 Å². The monoisotopic (exact) mass is 278 g/mol. The fourth-order valence-electron chi connectivity index (χ4n) is 3.13. The normalized spacial score (nSPS) is 20.0. The van der Waals surface area contributed by atoms with Gasteiger partial charge in [0.05, 0.1) is 5.69 Å². The Morgan fingerprint density at radius 3 is 3.11 bits per heavy atom. The molecular formula is C14H22N4S. The molecule has 0 spiro atoms. The van der Waals surface area contributed by atoms with Crippen molar-refractivity contribution in [3.63, 3.8) is 0 Å². The number of nitrogens with zero attached hydrogens (tertiary/aromatic N) is 3. The van der Waals surface area contributed by atoms with Crippen LogP contribution in [-0.4, -0.2) is 29.0 Å². The molecule has 1 aliphatic rings. The van der Waals surface area contributed by atoms with Crippen LogP contribution in [0.5, 0.6) is 0 Å². The van der Waals surface area contributed by atoms with Crippen molar-refractivity contribution in [1.29, 1.82) is 0 Å². The van der Waals surface area contributed by atoms with Crippen molar-refractivity contribution in [2.75, 3.05) is 18.5 Å². The van der Waals surface area contributed by atoms with E-state index in [4.69, 9.17) is 4.98 Å². The second-order valence-corrected chi connectivity index (χ2v) is 6.49. The first-order chi connectivity index (χ1) is 9.22. The third-order valence-electron chi connectivity index (χ3n) is 4.02. The Morgan fingerprint density at radius 2 is 2.37 bits per heavy atom. The van der Waals surface area contributed by atoms with Crippen molar-refractivity contribution >= 4 is 22.1 Å². The molecule has 1 aliphatic heterocycles. The van der Waals surface area contributed by atoms with E-state index in [1.54, 1.807) is 11.3 Å². The predicted octanol–water partition coefficient (Wildman–Crippen LogP) is 2.74. The van der Waals surface area contributed by atoms with Gasteiger partial charge in [-0.2, -0.15) is 0 Å². The summed E-state index contributed by atoms with van der Waals surface area (Å²) in [6.45, 7) is 6.65. The van der Waals surface area contributed by atoms with Gasteiger partial charge < -0.3 is 10.2 Å². The molecule has 2 aromatic rings. The topological polar surface area (TPSA) is 32.6 Å². The van der Waals surface area contributed by atoms with Crippen LogP contribution in [0.15, 0.2) is 11.6 Å². The van der Waals surface area contributed by atoms with E-state index >= 15 is 0 Å².